The average Bonchev–Trinajstić information content (AvgIpc) is 3.51. The summed E-state index contributed by atoms with van der Waals surface area (Å²) in [6.07, 6.45) is 1.29. The average molecular weight is 458 g/mol. The zero-order chi connectivity index (χ0) is 21.8. The van der Waals surface area contributed by atoms with Crippen LogP contribution in [0.5, 0.6) is 11.5 Å². The Morgan fingerprint density at radius 1 is 1.13 bits per heavy atom. The summed E-state index contributed by atoms with van der Waals surface area (Å²) in [4.78, 5) is 32.4. The number of carbonyl (C=O) groups is 2. The van der Waals surface area contributed by atoms with Crippen molar-refractivity contribution in [2.75, 3.05) is 32.6 Å². The summed E-state index contributed by atoms with van der Waals surface area (Å²) < 4.78 is 10.7. The third-order valence-corrected chi connectivity index (χ3v) is 6.92. The standard InChI is InChI=1S/C22H23N3O4S2/c1-28-15-5-6-18(29-2)16(12-15)17-13-31-22(23-17)24-20(26)14-7-9-25(10-8-14)21(27)19-4-3-11-30-19/h3-6,11-14H,7-10H2,1-2H3,(H,23,24,26). The predicted octanol–water partition coefficient (Wildman–Crippen LogP) is 4.38. The highest BCUT2D eigenvalue weighted by Gasteiger charge is 2.28. The van der Waals surface area contributed by atoms with Gasteiger partial charge < -0.3 is 19.7 Å². The number of thiophene rings is 1. The van der Waals surface area contributed by atoms with Crippen LogP contribution in [0.3, 0.4) is 0 Å². The Hall–Kier alpha value is -2.91. The molecule has 0 saturated carbocycles. The van der Waals surface area contributed by atoms with Gasteiger partial charge in [0.25, 0.3) is 5.91 Å². The van der Waals surface area contributed by atoms with Crippen molar-refractivity contribution in [3.63, 3.8) is 0 Å². The molecule has 0 radical (unpaired) electrons. The third kappa shape index (κ3) is 4.72. The molecule has 0 atom stereocenters. The molecule has 2 amide bonds. The second kappa shape index (κ2) is 9.49. The predicted molar refractivity (Wildman–Crippen MR) is 122 cm³/mol. The molecule has 3 aromatic rings. The van der Waals surface area contributed by atoms with Crippen LogP contribution in [0.25, 0.3) is 11.3 Å². The lowest BCUT2D eigenvalue weighted by Gasteiger charge is -2.30. The molecule has 7 nitrogen and oxygen atoms in total. The van der Waals surface area contributed by atoms with E-state index in [1.807, 2.05) is 46.0 Å². The summed E-state index contributed by atoms with van der Waals surface area (Å²) in [6.45, 7) is 1.16. The maximum atomic E-state index is 12.8. The van der Waals surface area contributed by atoms with Gasteiger partial charge in [0.1, 0.15) is 11.5 Å². The van der Waals surface area contributed by atoms with Crippen molar-refractivity contribution in [3.05, 3.63) is 46.0 Å². The van der Waals surface area contributed by atoms with Crippen LogP contribution in [-0.4, -0.2) is 49.0 Å². The number of piperidine rings is 1. The van der Waals surface area contributed by atoms with Crippen LogP contribution in [0.4, 0.5) is 5.13 Å². The van der Waals surface area contributed by atoms with E-state index in [0.717, 1.165) is 10.4 Å². The van der Waals surface area contributed by atoms with E-state index in [1.54, 1.807) is 14.2 Å². The van der Waals surface area contributed by atoms with E-state index < -0.39 is 0 Å². The summed E-state index contributed by atoms with van der Waals surface area (Å²) in [5, 5.41) is 7.26. The molecule has 31 heavy (non-hydrogen) atoms. The van der Waals surface area contributed by atoms with Gasteiger partial charge >= 0.3 is 0 Å². The van der Waals surface area contributed by atoms with Crippen LogP contribution in [0, 0.1) is 5.92 Å². The van der Waals surface area contributed by atoms with E-state index in [9.17, 15) is 9.59 Å². The SMILES string of the molecule is COc1ccc(OC)c(-c2csc(NC(=O)C3CCN(C(=O)c4cccs4)CC3)n2)c1. The monoisotopic (exact) mass is 457 g/mol. The number of nitrogens with zero attached hydrogens (tertiary/aromatic N) is 2. The van der Waals surface area contributed by atoms with Crippen molar-refractivity contribution in [2.24, 2.45) is 5.92 Å². The lowest BCUT2D eigenvalue weighted by molar-refractivity contribution is -0.121. The van der Waals surface area contributed by atoms with Crippen molar-refractivity contribution in [1.29, 1.82) is 0 Å². The van der Waals surface area contributed by atoms with Crippen LogP contribution < -0.4 is 14.8 Å². The Kier molecular flexibility index (Phi) is 6.53. The van der Waals surface area contributed by atoms with Crippen molar-refractivity contribution in [1.82, 2.24) is 9.88 Å². The van der Waals surface area contributed by atoms with E-state index in [0.29, 0.717) is 48.3 Å². The summed E-state index contributed by atoms with van der Waals surface area (Å²) in [6, 6.07) is 9.23. The molecule has 1 saturated heterocycles. The number of benzene rings is 1. The normalized spacial score (nSPS) is 14.3. The van der Waals surface area contributed by atoms with Crippen LogP contribution in [0.2, 0.25) is 0 Å². The first-order valence-corrected chi connectivity index (χ1v) is 11.7. The number of hydrogen-bond acceptors (Lipinski definition) is 7. The third-order valence-electron chi connectivity index (χ3n) is 5.30. The zero-order valence-corrected chi connectivity index (χ0v) is 18.9. The quantitative estimate of drug-likeness (QED) is 0.594. The largest absolute Gasteiger partial charge is 0.497 e. The second-order valence-corrected chi connectivity index (χ2v) is 8.94. The summed E-state index contributed by atoms with van der Waals surface area (Å²) in [7, 11) is 3.22. The molecule has 162 valence electrons. The summed E-state index contributed by atoms with van der Waals surface area (Å²) in [5.41, 5.74) is 1.52. The van der Waals surface area contributed by atoms with Gasteiger partial charge in [-0.25, -0.2) is 4.98 Å². The van der Waals surface area contributed by atoms with Gasteiger partial charge in [-0.05, 0) is 42.5 Å². The Morgan fingerprint density at radius 3 is 2.61 bits per heavy atom. The molecule has 4 rings (SSSR count). The first-order valence-electron chi connectivity index (χ1n) is 9.90. The molecular weight excluding hydrogens is 434 g/mol. The molecule has 2 aromatic heterocycles. The Balaban J connectivity index is 1.37. The minimum Gasteiger partial charge on any atom is -0.497 e. The molecule has 0 spiro atoms. The maximum absolute atomic E-state index is 12.8. The first-order chi connectivity index (χ1) is 15.1. The number of nitrogens with one attached hydrogen (secondary N) is 1. The minimum absolute atomic E-state index is 0.0469. The van der Waals surface area contributed by atoms with Gasteiger partial charge in [0.15, 0.2) is 5.13 Å². The fourth-order valence-electron chi connectivity index (χ4n) is 3.58. The topological polar surface area (TPSA) is 80.8 Å². The Labute approximate surface area is 188 Å². The Bertz CT molecular complexity index is 1060. The maximum Gasteiger partial charge on any atom is 0.263 e. The van der Waals surface area contributed by atoms with Gasteiger partial charge in [-0.2, -0.15) is 0 Å². The van der Waals surface area contributed by atoms with E-state index in [2.05, 4.69) is 10.3 Å². The summed E-state index contributed by atoms with van der Waals surface area (Å²) >= 11 is 2.82. The molecule has 1 N–H and O–H groups in total. The lowest BCUT2D eigenvalue weighted by atomic mass is 9.96. The van der Waals surface area contributed by atoms with Crippen molar-refractivity contribution >= 4 is 39.6 Å². The number of carbonyl (C=O) groups excluding carboxylic acids is 2. The van der Waals surface area contributed by atoms with Crippen LogP contribution in [-0.2, 0) is 4.79 Å². The smallest absolute Gasteiger partial charge is 0.263 e. The zero-order valence-electron chi connectivity index (χ0n) is 17.3. The first kappa shape index (κ1) is 21.3. The van der Waals surface area contributed by atoms with Crippen LogP contribution in [0.1, 0.15) is 22.5 Å². The molecule has 1 aromatic carbocycles. The van der Waals surface area contributed by atoms with Crippen molar-refractivity contribution in [3.8, 4) is 22.8 Å². The fraction of sp³-hybridized carbons (Fsp3) is 0.318. The van der Waals surface area contributed by atoms with Gasteiger partial charge in [0, 0.05) is 30.0 Å². The number of thiazole rings is 1. The molecule has 1 aliphatic rings. The number of likely N-dealkylation sites (tertiary alicyclic amines) is 1. The van der Waals surface area contributed by atoms with Gasteiger partial charge in [-0.3, -0.25) is 9.59 Å². The summed E-state index contributed by atoms with van der Waals surface area (Å²) in [5.74, 6) is 1.25. The van der Waals surface area contributed by atoms with Gasteiger partial charge in [0.05, 0.1) is 24.8 Å². The van der Waals surface area contributed by atoms with Crippen molar-refractivity contribution in [2.45, 2.75) is 12.8 Å². The number of aromatic nitrogens is 1. The van der Waals surface area contributed by atoms with Gasteiger partial charge in [-0.1, -0.05) is 6.07 Å². The van der Waals surface area contributed by atoms with E-state index in [1.165, 1.54) is 22.7 Å². The fourth-order valence-corrected chi connectivity index (χ4v) is 4.98. The molecule has 3 heterocycles. The lowest BCUT2D eigenvalue weighted by Crippen LogP contribution is -2.41. The number of hydrogen-bond donors (Lipinski definition) is 1. The number of methoxy groups -OCH3 is 2. The van der Waals surface area contributed by atoms with Gasteiger partial charge in [0.2, 0.25) is 5.91 Å². The molecular formula is C22H23N3O4S2. The molecule has 9 heteroatoms. The molecule has 0 bridgehead atoms. The van der Waals surface area contributed by atoms with Crippen molar-refractivity contribution < 1.29 is 19.1 Å². The Morgan fingerprint density at radius 2 is 1.94 bits per heavy atom. The molecule has 1 fully saturated rings. The highest BCUT2D eigenvalue weighted by atomic mass is 32.1. The minimum atomic E-state index is -0.133. The number of rotatable bonds is 6. The van der Waals surface area contributed by atoms with E-state index >= 15 is 0 Å². The van der Waals surface area contributed by atoms with Crippen LogP contribution >= 0.6 is 22.7 Å². The number of anilines is 1. The second-order valence-electron chi connectivity index (χ2n) is 7.14. The molecule has 0 aliphatic carbocycles. The molecule has 0 unspecified atom stereocenters. The van der Waals surface area contributed by atoms with E-state index in [4.69, 9.17) is 9.47 Å². The number of amides is 2. The van der Waals surface area contributed by atoms with E-state index in [-0.39, 0.29) is 17.7 Å². The van der Waals surface area contributed by atoms with Crippen LogP contribution in [0.15, 0.2) is 41.1 Å². The highest BCUT2D eigenvalue weighted by molar-refractivity contribution is 7.14. The highest BCUT2D eigenvalue weighted by Crippen LogP contribution is 2.35. The molecule has 1 aliphatic heterocycles. The number of ether oxygens (including phenoxy) is 2. The van der Waals surface area contributed by atoms with Gasteiger partial charge in [-0.15, -0.1) is 22.7 Å².